The quantitative estimate of drug-likeness (QED) is 0.284. The highest BCUT2D eigenvalue weighted by Crippen LogP contribution is 2.13. The van der Waals surface area contributed by atoms with E-state index < -0.39 is 12.6 Å². The fourth-order valence-electron chi connectivity index (χ4n) is 2.06. The lowest BCUT2D eigenvalue weighted by Gasteiger charge is -2.14. The van der Waals surface area contributed by atoms with Gasteiger partial charge in [0.1, 0.15) is 17.6 Å². The Hall–Kier alpha value is -2.08. The number of aliphatic hydroxyl groups is 1. The van der Waals surface area contributed by atoms with Crippen molar-refractivity contribution in [1.82, 2.24) is 5.32 Å². The predicted octanol–water partition coefficient (Wildman–Crippen LogP) is 2.06. The van der Waals surface area contributed by atoms with E-state index in [1.54, 1.807) is 24.3 Å². The number of carbonyl (C=O) groups excluding carboxylic acids is 1. The second kappa shape index (κ2) is 10.6. The molecule has 1 atom stereocenters. The largest absolute Gasteiger partial charge is 0.494 e. The maximum Gasteiger partial charge on any atom is 0.251 e. The molecular weight excluding hydrogens is 294 g/mol. The van der Waals surface area contributed by atoms with E-state index >= 15 is 0 Å². The Morgan fingerprint density at radius 3 is 2.48 bits per heavy atom. The Labute approximate surface area is 137 Å². The molecule has 0 spiro atoms. The highest BCUT2D eigenvalue weighted by molar-refractivity contribution is 5.97. The van der Waals surface area contributed by atoms with Crippen LogP contribution in [0.1, 0.15) is 49.4 Å². The number of nitrogens with two attached hydrogens (primary N) is 1. The van der Waals surface area contributed by atoms with Crippen LogP contribution >= 0.6 is 0 Å². The first kappa shape index (κ1) is 19.0. The van der Waals surface area contributed by atoms with Crippen LogP contribution in [0.15, 0.2) is 24.3 Å². The van der Waals surface area contributed by atoms with Gasteiger partial charge in [0.05, 0.1) is 13.2 Å². The second-order valence-electron chi connectivity index (χ2n) is 5.45. The Morgan fingerprint density at radius 2 is 1.91 bits per heavy atom. The number of rotatable bonds is 11. The summed E-state index contributed by atoms with van der Waals surface area (Å²) in [5.74, 6) is 0.0663. The Kier molecular flexibility index (Phi) is 8.75. The molecule has 1 aromatic rings. The summed E-state index contributed by atoms with van der Waals surface area (Å²) in [6, 6.07) is 5.92. The van der Waals surface area contributed by atoms with Crippen LogP contribution in [-0.4, -0.2) is 36.1 Å². The minimum absolute atomic E-state index is 0.274. The highest BCUT2D eigenvalue weighted by atomic mass is 16.5. The number of amides is 1. The molecule has 6 heteroatoms. The van der Waals surface area contributed by atoms with Crippen molar-refractivity contribution in [2.75, 3.05) is 13.2 Å². The van der Waals surface area contributed by atoms with Gasteiger partial charge in [0, 0.05) is 5.56 Å². The summed E-state index contributed by atoms with van der Waals surface area (Å²) in [6.45, 7) is 2.46. The van der Waals surface area contributed by atoms with Crippen LogP contribution in [0.2, 0.25) is 0 Å². The molecule has 1 rings (SSSR count). The van der Waals surface area contributed by atoms with Crippen LogP contribution in [0.3, 0.4) is 0 Å². The van der Waals surface area contributed by atoms with Crippen LogP contribution in [-0.2, 0) is 0 Å². The van der Waals surface area contributed by atoms with E-state index in [-0.39, 0.29) is 11.7 Å². The van der Waals surface area contributed by atoms with Gasteiger partial charge in [-0.15, -0.1) is 0 Å². The molecule has 0 radical (unpaired) electrons. The molecule has 0 saturated heterocycles. The van der Waals surface area contributed by atoms with Crippen molar-refractivity contribution in [3.8, 4) is 5.75 Å². The van der Waals surface area contributed by atoms with E-state index in [1.165, 1.54) is 25.7 Å². The van der Waals surface area contributed by atoms with Crippen LogP contribution in [0.5, 0.6) is 5.75 Å². The van der Waals surface area contributed by atoms with Crippen molar-refractivity contribution in [2.24, 2.45) is 5.73 Å². The summed E-state index contributed by atoms with van der Waals surface area (Å²) in [6.07, 6.45) is 5.92. The van der Waals surface area contributed by atoms with Gasteiger partial charge >= 0.3 is 0 Å². The number of hydrogen-bond acceptors (Lipinski definition) is 4. The fourth-order valence-corrected chi connectivity index (χ4v) is 2.06. The van der Waals surface area contributed by atoms with Gasteiger partial charge < -0.3 is 20.9 Å². The second-order valence-corrected chi connectivity index (χ2v) is 5.45. The Bertz CT molecular complexity index is 488. The molecular formula is C17H27N3O3. The molecule has 0 unspecified atom stereocenters. The topological polar surface area (TPSA) is 108 Å². The van der Waals surface area contributed by atoms with Gasteiger partial charge in [0.25, 0.3) is 5.91 Å². The van der Waals surface area contributed by atoms with Crippen molar-refractivity contribution < 1.29 is 14.6 Å². The molecule has 5 N–H and O–H groups in total. The molecule has 1 aromatic carbocycles. The van der Waals surface area contributed by atoms with E-state index in [4.69, 9.17) is 21.0 Å². The van der Waals surface area contributed by atoms with Gasteiger partial charge in [0.15, 0.2) is 0 Å². The van der Waals surface area contributed by atoms with Gasteiger partial charge in [-0.1, -0.05) is 32.6 Å². The third-order valence-electron chi connectivity index (χ3n) is 3.50. The first-order valence-electron chi connectivity index (χ1n) is 8.07. The van der Waals surface area contributed by atoms with Crippen molar-refractivity contribution in [2.45, 2.75) is 45.1 Å². The molecule has 0 bridgehead atoms. The molecule has 0 heterocycles. The summed E-state index contributed by atoms with van der Waals surface area (Å²) in [4.78, 5) is 12.0. The summed E-state index contributed by atoms with van der Waals surface area (Å²) in [7, 11) is 0. The number of ether oxygens (including phenoxy) is 1. The first-order valence-corrected chi connectivity index (χ1v) is 8.07. The minimum Gasteiger partial charge on any atom is -0.494 e. The molecule has 128 valence electrons. The average Bonchev–Trinajstić information content (AvgIpc) is 2.55. The summed E-state index contributed by atoms with van der Waals surface area (Å²) >= 11 is 0. The lowest BCUT2D eigenvalue weighted by Crippen LogP contribution is -2.46. The van der Waals surface area contributed by atoms with Crippen LogP contribution < -0.4 is 15.8 Å². The fraction of sp³-hybridized carbons (Fsp3) is 0.529. The van der Waals surface area contributed by atoms with Crippen molar-refractivity contribution in [1.29, 1.82) is 5.41 Å². The zero-order chi connectivity index (χ0) is 17.1. The van der Waals surface area contributed by atoms with Crippen LogP contribution in [0, 0.1) is 5.41 Å². The summed E-state index contributed by atoms with van der Waals surface area (Å²) in [5.41, 5.74) is 5.72. The van der Waals surface area contributed by atoms with E-state index in [2.05, 4.69) is 12.2 Å². The number of aliphatic hydroxyl groups excluding tert-OH is 1. The van der Waals surface area contributed by atoms with Crippen LogP contribution in [0.4, 0.5) is 0 Å². The van der Waals surface area contributed by atoms with Gasteiger partial charge in [-0.2, -0.15) is 0 Å². The minimum atomic E-state index is -0.860. The smallest absolute Gasteiger partial charge is 0.251 e. The monoisotopic (exact) mass is 321 g/mol. The zero-order valence-electron chi connectivity index (χ0n) is 13.7. The van der Waals surface area contributed by atoms with E-state index in [1.807, 2.05) is 0 Å². The zero-order valence-corrected chi connectivity index (χ0v) is 13.7. The molecule has 6 nitrogen and oxygen atoms in total. The number of unbranched alkanes of at least 4 members (excludes halogenated alkanes) is 4. The lowest BCUT2D eigenvalue weighted by atomic mass is 10.1. The summed E-state index contributed by atoms with van der Waals surface area (Å²) < 4.78 is 5.64. The van der Waals surface area contributed by atoms with E-state index in [0.717, 1.165) is 12.2 Å². The number of carbonyl (C=O) groups is 1. The third-order valence-corrected chi connectivity index (χ3v) is 3.50. The molecule has 0 fully saturated rings. The molecule has 23 heavy (non-hydrogen) atoms. The third kappa shape index (κ3) is 7.15. The lowest BCUT2D eigenvalue weighted by molar-refractivity contribution is 0.0933. The van der Waals surface area contributed by atoms with E-state index in [0.29, 0.717) is 12.2 Å². The standard InChI is InChI=1S/C17H27N3O3/c1-2-3-4-5-6-11-23-14-9-7-13(8-10-14)17(22)20-15(12-21)16(18)19/h7-10,15,21H,2-6,11-12H2,1H3,(H3,18,19)(H,20,22)/t15-/m1/s1. The highest BCUT2D eigenvalue weighted by Gasteiger charge is 2.15. The van der Waals surface area contributed by atoms with Gasteiger partial charge in [-0.25, -0.2) is 0 Å². The number of benzene rings is 1. The Morgan fingerprint density at radius 1 is 1.26 bits per heavy atom. The molecule has 0 aliphatic carbocycles. The van der Waals surface area contributed by atoms with Crippen molar-refractivity contribution >= 4 is 11.7 Å². The maximum atomic E-state index is 12.0. The number of hydrogen-bond donors (Lipinski definition) is 4. The van der Waals surface area contributed by atoms with Crippen LogP contribution in [0.25, 0.3) is 0 Å². The van der Waals surface area contributed by atoms with Gasteiger partial charge in [-0.05, 0) is 30.7 Å². The van der Waals surface area contributed by atoms with E-state index in [9.17, 15) is 4.79 Å². The molecule has 0 saturated carbocycles. The first-order chi connectivity index (χ1) is 11.1. The molecule has 0 aliphatic rings. The Balaban J connectivity index is 2.40. The number of nitrogens with one attached hydrogen (secondary N) is 2. The molecule has 0 aliphatic heterocycles. The molecule has 1 amide bonds. The molecule has 0 aromatic heterocycles. The maximum absolute atomic E-state index is 12.0. The average molecular weight is 321 g/mol. The van der Waals surface area contributed by atoms with Crippen molar-refractivity contribution in [3.05, 3.63) is 29.8 Å². The van der Waals surface area contributed by atoms with Gasteiger partial charge in [-0.3, -0.25) is 10.2 Å². The summed E-state index contributed by atoms with van der Waals surface area (Å²) in [5, 5.41) is 18.8. The number of amidine groups is 1. The normalized spacial score (nSPS) is 11.7. The van der Waals surface area contributed by atoms with Gasteiger partial charge in [0.2, 0.25) is 0 Å². The predicted molar refractivity (Wildman–Crippen MR) is 91.0 cm³/mol. The SMILES string of the molecule is CCCCCCCOc1ccc(C(=O)N[C@H](CO)C(=N)N)cc1. The van der Waals surface area contributed by atoms with Crippen molar-refractivity contribution in [3.63, 3.8) is 0 Å².